The Hall–Kier alpha value is -1.28. The van der Waals surface area contributed by atoms with Crippen molar-refractivity contribution >= 4 is 0 Å². The summed E-state index contributed by atoms with van der Waals surface area (Å²) in [6.07, 6.45) is -11.5. The van der Waals surface area contributed by atoms with Gasteiger partial charge < -0.3 is 10.8 Å². The largest absolute Gasteiger partial charge is 0.416 e. The van der Waals surface area contributed by atoms with E-state index in [9.17, 15) is 31.4 Å². The second-order valence-corrected chi connectivity index (χ2v) is 4.57. The SMILES string of the molecule is CC(N)CC(O)c1cc(C(F)(F)F)cc(C(F)(F)F)c1. The van der Waals surface area contributed by atoms with Gasteiger partial charge in [0, 0.05) is 6.04 Å². The Morgan fingerprint density at radius 2 is 1.40 bits per heavy atom. The molecule has 8 heteroatoms. The molecule has 0 saturated carbocycles. The molecule has 0 spiro atoms. The van der Waals surface area contributed by atoms with E-state index in [4.69, 9.17) is 5.73 Å². The van der Waals surface area contributed by atoms with Crippen LogP contribution < -0.4 is 5.73 Å². The maximum absolute atomic E-state index is 12.6. The molecule has 0 aliphatic carbocycles. The van der Waals surface area contributed by atoms with E-state index < -0.39 is 41.2 Å². The smallest absolute Gasteiger partial charge is 0.388 e. The Labute approximate surface area is 111 Å². The summed E-state index contributed by atoms with van der Waals surface area (Å²) in [7, 11) is 0. The van der Waals surface area contributed by atoms with Gasteiger partial charge in [-0.2, -0.15) is 26.3 Å². The van der Waals surface area contributed by atoms with Crippen LogP contribution in [0.5, 0.6) is 0 Å². The van der Waals surface area contributed by atoms with Gasteiger partial charge in [-0.05, 0) is 37.1 Å². The quantitative estimate of drug-likeness (QED) is 0.839. The Bertz CT molecular complexity index is 434. The van der Waals surface area contributed by atoms with Crippen molar-refractivity contribution in [2.24, 2.45) is 5.73 Å². The second kappa shape index (κ2) is 5.61. The minimum absolute atomic E-state index is 0.0160. The summed E-state index contributed by atoms with van der Waals surface area (Å²) >= 11 is 0. The predicted molar refractivity (Wildman–Crippen MR) is 59.7 cm³/mol. The molecule has 20 heavy (non-hydrogen) atoms. The van der Waals surface area contributed by atoms with Gasteiger partial charge in [0.1, 0.15) is 0 Å². The maximum Gasteiger partial charge on any atom is 0.416 e. The van der Waals surface area contributed by atoms with E-state index in [0.29, 0.717) is 12.1 Å². The Morgan fingerprint density at radius 3 is 1.70 bits per heavy atom. The summed E-state index contributed by atoms with van der Waals surface area (Å²) in [5.74, 6) is 0. The number of benzene rings is 1. The van der Waals surface area contributed by atoms with E-state index in [1.807, 2.05) is 0 Å². The van der Waals surface area contributed by atoms with E-state index in [0.717, 1.165) is 0 Å². The normalized spacial score (nSPS) is 16.1. The molecule has 0 fully saturated rings. The Kier molecular flexibility index (Phi) is 4.70. The first-order valence-corrected chi connectivity index (χ1v) is 5.64. The van der Waals surface area contributed by atoms with Crippen LogP contribution in [0.2, 0.25) is 0 Å². The third-order valence-corrected chi connectivity index (χ3v) is 2.59. The summed E-state index contributed by atoms with van der Waals surface area (Å²) in [5, 5.41) is 9.66. The number of hydrogen-bond donors (Lipinski definition) is 2. The van der Waals surface area contributed by atoms with Gasteiger partial charge in [0.05, 0.1) is 17.2 Å². The highest BCUT2D eigenvalue weighted by Gasteiger charge is 2.37. The fourth-order valence-electron chi connectivity index (χ4n) is 1.66. The van der Waals surface area contributed by atoms with Crippen molar-refractivity contribution in [2.45, 2.75) is 37.8 Å². The lowest BCUT2D eigenvalue weighted by molar-refractivity contribution is -0.143. The lowest BCUT2D eigenvalue weighted by Crippen LogP contribution is -2.19. The molecular formula is C12H13F6NO. The molecule has 0 aliphatic rings. The molecule has 0 bridgehead atoms. The molecule has 0 radical (unpaired) electrons. The van der Waals surface area contributed by atoms with Crippen LogP contribution in [0.25, 0.3) is 0 Å². The van der Waals surface area contributed by atoms with Crippen molar-refractivity contribution in [1.29, 1.82) is 0 Å². The predicted octanol–water partition coefficient (Wildman–Crippen LogP) is 3.49. The summed E-state index contributed by atoms with van der Waals surface area (Å²) < 4.78 is 75.5. The zero-order chi connectivity index (χ0) is 15.7. The molecule has 1 aromatic carbocycles. The highest BCUT2D eigenvalue weighted by Crippen LogP contribution is 2.37. The number of rotatable bonds is 3. The lowest BCUT2D eigenvalue weighted by atomic mass is 9.98. The van der Waals surface area contributed by atoms with Crippen LogP contribution in [0.1, 0.15) is 36.1 Å². The van der Waals surface area contributed by atoms with E-state index in [1.165, 1.54) is 6.92 Å². The fraction of sp³-hybridized carbons (Fsp3) is 0.500. The zero-order valence-corrected chi connectivity index (χ0v) is 10.4. The molecule has 0 amide bonds. The van der Waals surface area contributed by atoms with Crippen molar-refractivity contribution < 1.29 is 31.4 Å². The van der Waals surface area contributed by atoms with E-state index in [2.05, 4.69) is 0 Å². The van der Waals surface area contributed by atoms with E-state index in [1.54, 1.807) is 0 Å². The molecule has 1 rings (SSSR count). The molecule has 2 nitrogen and oxygen atoms in total. The average Bonchev–Trinajstić information content (AvgIpc) is 2.25. The molecule has 114 valence electrons. The number of nitrogens with two attached hydrogens (primary N) is 1. The van der Waals surface area contributed by atoms with Gasteiger partial charge in [-0.15, -0.1) is 0 Å². The molecule has 3 N–H and O–H groups in total. The van der Waals surface area contributed by atoms with Crippen LogP contribution in [-0.4, -0.2) is 11.1 Å². The third kappa shape index (κ3) is 4.38. The maximum atomic E-state index is 12.6. The summed E-state index contributed by atoms with van der Waals surface area (Å²) in [6, 6.07) is 0.459. The highest BCUT2D eigenvalue weighted by molar-refractivity contribution is 5.34. The van der Waals surface area contributed by atoms with E-state index >= 15 is 0 Å². The molecular weight excluding hydrogens is 288 g/mol. The standard InChI is InChI=1S/C12H13F6NO/c1-6(19)2-10(20)7-3-8(11(13,14)15)5-9(4-7)12(16,17)18/h3-6,10,20H,2,19H2,1H3. The van der Waals surface area contributed by atoms with Crippen molar-refractivity contribution in [3.8, 4) is 0 Å². The van der Waals surface area contributed by atoms with E-state index in [-0.39, 0.29) is 12.5 Å². The summed E-state index contributed by atoms with van der Waals surface area (Å²) in [6.45, 7) is 1.49. The molecule has 2 unspecified atom stereocenters. The number of alkyl halides is 6. The number of halogens is 6. The van der Waals surface area contributed by atoms with Crippen molar-refractivity contribution in [3.05, 3.63) is 34.9 Å². The van der Waals surface area contributed by atoms with Crippen LogP contribution in [-0.2, 0) is 12.4 Å². The van der Waals surface area contributed by atoms with Crippen LogP contribution in [0, 0.1) is 0 Å². The van der Waals surface area contributed by atoms with Crippen molar-refractivity contribution in [2.75, 3.05) is 0 Å². The van der Waals surface area contributed by atoms with Gasteiger partial charge in [-0.3, -0.25) is 0 Å². The monoisotopic (exact) mass is 301 g/mol. The van der Waals surface area contributed by atoms with Crippen molar-refractivity contribution in [3.63, 3.8) is 0 Å². The van der Waals surface area contributed by atoms with Crippen LogP contribution in [0.15, 0.2) is 18.2 Å². The molecule has 2 atom stereocenters. The Balaban J connectivity index is 3.31. The first-order chi connectivity index (χ1) is 8.91. The minimum Gasteiger partial charge on any atom is -0.388 e. The average molecular weight is 301 g/mol. The molecule has 0 heterocycles. The van der Waals surface area contributed by atoms with Gasteiger partial charge in [-0.1, -0.05) is 0 Å². The van der Waals surface area contributed by atoms with Crippen LogP contribution >= 0.6 is 0 Å². The lowest BCUT2D eigenvalue weighted by Gasteiger charge is -2.18. The van der Waals surface area contributed by atoms with Gasteiger partial charge in [0.2, 0.25) is 0 Å². The Morgan fingerprint density at radius 1 is 1.00 bits per heavy atom. The van der Waals surface area contributed by atoms with Crippen LogP contribution in [0.3, 0.4) is 0 Å². The van der Waals surface area contributed by atoms with Crippen molar-refractivity contribution in [1.82, 2.24) is 0 Å². The summed E-state index contributed by atoms with van der Waals surface area (Å²) in [4.78, 5) is 0. The van der Waals surface area contributed by atoms with Gasteiger partial charge in [0.15, 0.2) is 0 Å². The first kappa shape index (κ1) is 16.8. The topological polar surface area (TPSA) is 46.2 Å². The zero-order valence-electron chi connectivity index (χ0n) is 10.4. The molecule has 0 aliphatic heterocycles. The molecule has 1 aromatic rings. The number of aliphatic hydroxyl groups is 1. The van der Waals surface area contributed by atoms with Gasteiger partial charge in [0.25, 0.3) is 0 Å². The third-order valence-electron chi connectivity index (χ3n) is 2.59. The minimum atomic E-state index is -4.93. The molecule has 0 aromatic heterocycles. The molecule has 0 saturated heterocycles. The first-order valence-electron chi connectivity index (χ1n) is 5.64. The number of hydrogen-bond acceptors (Lipinski definition) is 2. The number of aliphatic hydroxyl groups excluding tert-OH is 1. The van der Waals surface area contributed by atoms with Gasteiger partial charge in [-0.25, -0.2) is 0 Å². The van der Waals surface area contributed by atoms with Gasteiger partial charge >= 0.3 is 12.4 Å². The highest BCUT2D eigenvalue weighted by atomic mass is 19.4. The second-order valence-electron chi connectivity index (χ2n) is 4.57. The fourth-order valence-corrected chi connectivity index (χ4v) is 1.66. The van der Waals surface area contributed by atoms with Crippen LogP contribution in [0.4, 0.5) is 26.3 Å². The summed E-state index contributed by atoms with van der Waals surface area (Å²) in [5.41, 5.74) is 2.01.